The van der Waals surface area contributed by atoms with E-state index < -0.39 is 0 Å². The molecular weight excluding hydrogens is 232 g/mol. The van der Waals surface area contributed by atoms with E-state index in [2.05, 4.69) is 24.3 Å². The number of hydrogen-bond acceptors (Lipinski definition) is 1. The first-order chi connectivity index (χ1) is 9.34. The Morgan fingerprint density at radius 1 is 1.00 bits per heavy atom. The van der Waals surface area contributed by atoms with Crippen LogP contribution in [0.3, 0.4) is 0 Å². The molecule has 0 heterocycles. The molecule has 1 aromatic carbocycles. The number of hydrogen-bond donors (Lipinski definition) is 0. The van der Waals surface area contributed by atoms with E-state index in [-0.39, 0.29) is 0 Å². The van der Waals surface area contributed by atoms with Crippen LogP contribution in [-0.2, 0) is 11.2 Å². The number of carbonyl (C=O) groups is 1. The average molecular weight is 258 g/mol. The lowest BCUT2D eigenvalue weighted by Crippen LogP contribution is -2.08. The minimum atomic E-state index is 0.489. The normalized spacial score (nSPS) is 17.1. The van der Waals surface area contributed by atoms with Crippen LogP contribution in [-0.4, -0.2) is 5.78 Å². The molecule has 0 N–H and O–H groups in total. The Labute approximate surface area is 117 Å². The van der Waals surface area contributed by atoms with Gasteiger partial charge in [0.1, 0.15) is 5.78 Å². The van der Waals surface area contributed by atoms with Crippen LogP contribution in [0.5, 0.6) is 0 Å². The third-order valence-electron chi connectivity index (χ3n) is 4.25. The number of carbonyl (C=O) groups excluding carboxylic acids is 1. The Bertz CT molecular complexity index is 361. The SMILES string of the molecule is O=C(CCCc1ccccc1)CC1CCCCCC1. The van der Waals surface area contributed by atoms with Crippen LogP contribution in [0.15, 0.2) is 30.3 Å². The predicted octanol–water partition coefficient (Wildman–Crippen LogP) is 4.94. The molecule has 1 aromatic rings. The van der Waals surface area contributed by atoms with Crippen molar-refractivity contribution in [3.05, 3.63) is 35.9 Å². The zero-order chi connectivity index (χ0) is 13.3. The molecule has 0 spiro atoms. The first-order valence-corrected chi connectivity index (χ1v) is 7.90. The fraction of sp³-hybridized carbons (Fsp3) is 0.611. The highest BCUT2D eigenvalue weighted by Gasteiger charge is 2.15. The van der Waals surface area contributed by atoms with E-state index >= 15 is 0 Å². The summed E-state index contributed by atoms with van der Waals surface area (Å²) in [6.07, 6.45) is 11.6. The van der Waals surface area contributed by atoms with Crippen molar-refractivity contribution in [1.29, 1.82) is 0 Å². The summed E-state index contributed by atoms with van der Waals surface area (Å²) in [6.45, 7) is 0. The fourth-order valence-corrected chi connectivity index (χ4v) is 3.13. The fourth-order valence-electron chi connectivity index (χ4n) is 3.13. The lowest BCUT2D eigenvalue weighted by molar-refractivity contribution is -0.120. The summed E-state index contributed by atoms with van der Waals surface area (Å²) in [7, 11) is 0. The van der Waals surface area contributed by atoms with E-state index in [0.29, 0.717) is 11.7 Å². The summed E-state index contributed by atoms with van der Waals surface area (Å²) in [5.74, 6) is 1.18. The van der Waals surface area contributed by atoms with Gasteiger partial charge in [0.2, 0.25) is 0 Å². The molecule has 0 saturated heterocycles. The highest BCUT2D eigenvalue weighted by atomic mass is 16.1. The molecule has 0 bridgehead atoms. The van der Waals surface area contributed by atoms with Crippen LogP contribution in [0.25, 0.3) is 0 Å². The molecule has 1 heteroatoms. The molecule has 0 aliphatic heterocycles. The van der Waals surface area contributed by atoms with Crippen LogP contribution < -0.4 is 0 Å². The van der Waals surface area contributed by atoms with Crippen molar-refractivity contribution in [3.63, 3.8) is 0 Å². The van der Waals surface area contributed by atoms with Gasteiger partial charge in [-0.3, -0.25) is 4.79 Å². The van der Waals surface area contributed by atoms with Gasteiger partial charge in [-0.1, -0.05) is 68.9 Å². The van der Waals surface area contributed by atoms with Gasteiger partial charge in [-0.05, 0) is 24.3 Å². The standard InChI is InChI=1S/C18H26O/c19-18(15-17-11-4-1-2-5-12-17)14-8-13-16-9-6-3-7-10-16/h3,6-7,9-10,17H,1-2,4-5,8,11-15H2. The summed E-state index contributed by atoms with van der Waals surface area (Å²) in [4.78, 5) is 12.0. The quantitative estimate of drug-likeness (QED) is 0.661. The van der Waals surface area contributed by atoms with Crippen molar-refractivity contribution in [2.75, 3.05) is 0 Å². The zero-order valence-corrected chi connectivity index (χ0v) is 11.9. The van der Waals surface area contributed by atoms with E-state index in [1.165, 1.54) is 44.1 Å². The topological polar surface area (TPSA) is 17.1 Å². The molecule has 1 saturated carbocycles. The van der Waals surface area contributed by atoms with E-state index in [1.807, 2.05) is 6.07 Å². The Morgan fingerprint density at radius 2 is 1.68 bits per heavy atom. The van der Waals surface area contributed by atoms with Crippen molar-refractivity contribution < 1.29 is 4.79 Å². The maximum absolute atomic E-state index is 12.0. The third kappa shape index (κ3) is 5.59. The van der Waals surface area contributed by atoms with Crippen LogP contribution in [0.4, 0.5) is 0 Å². The molecule has 2 rings (SSSR count). The number of rotatable bonds is 6. The van der Waals surface area contributed by atoms with Gasteiger partial charge >= 0.3 is 0 Å². The second kappa shape index (κ2) is 8.14. The average Bonchev–Trinajstić information content (AvgIpc) is 2.68. The van der Waals surface area contributed by atoms with Gasteiger partial charge in [0.05, 0.1) is 0 Å². The van der Waals surface area contributed by atoms with Crippen molar-refractivity contribution >= 4 is 5.78 Å². The molecule has 0 aromatic heterocycles. The second-order valence-corrected chi connectivity index (χ2v) is 5.94. The van der Waals surface area contributed by atoms with E-state index in [0.717, 1.165) is 25.7 Å². The molecule has 1 aliphatic rings. The van der Waals surface area contributed by atoms with Crippen LogP contribution in [0, 0.1) is 5.92 Å². The minimum absolute atomic E-state index is 0.489. The van der Waals surface area contributed by atoms with Crippen LogP contribution >= 0.6 is 0 Å². The summed E-state index contributed by atoms with van der Waals surface area (Å²) in [5.41, 5.74) is 1.35. The molecule has 19 heavy (non-hydrogen) atoms. The van der Waals surface area contributed by atoms with Gasteiger partial charge in [-0.15, -0.1) is 0 Å². The van der Waals surface area contributed by atoms with E-state index in [9.17, 15) is 4.79 Å². The van der Waals surface area contributed by atoms with Crippen molar-refractivity contribution in [3.8, 4) is 0 Å². The second-order valence-electron chi connectivity index (χ2n) is 5.94. The predicted molar refractivity (Wildman–Crippen MR) is 80.2 cm³/mol. The first kappa shape index (κ1) is 14.3. The summed E-state index contributed by atoms with van der Waals surface area (Å²) in [5, 5.41) is 0. The molecule has 1 fully saturated rings. The number of benzene rings is 1. The van der Waals surface area contributed by atoms with Gasteiger partial charge in [-0.2, -0.15) is 0 Å². The minimum Gasteiger partial charge on any atom is -0.300 e. The highest BCUT2D eigenvalue weighted by molar-refractivity contribution is 5.78. The Balaban J connectivity index is 1.64. The lowest BCUT2D eigenvalue weighted by Gasteiger charge is -2.12. The maximum Gasteiger partial charge on any atom is 0.133 e. The Hall–Kier alpha value is -1.11. The smallest absolute Gasteiger partial charge is 0.133 e. The van der Waals surface area contributed by atoms with Gasteiger partial charge in [0.15, 0.2) is 0 Å². The van der Waals surface area contributed by atoms with Crippen LogP contribution in [0.2, 0.25) is 0 Å². The van der Waals surface area contributed by atoms with Gasteiger partial charge in [0.25, 0.3) is 0 Å². The molecule has 1 aliphatic carbocycles. The third-order valence-corrected chi connectivity index (χ3v) is 4.25. The maximum atomic E-state index is 12.0. The van der Waals surface area contributed by atoms with Gasteiger partial charge < -0.3 is 0 Å². The monoisotopic (exact) mass is 258 g/mol. The summed E-state index contributed by atoms with van der Waals surface area (Å²) in [6, 6.07) is 10.5. The van der Waals surface area contributed by atoms with Gasteiger partial charge in [0, 0.05) is 12.8 Å². The van der Waals surface area contributed by atoms with E-state index in [4.69, 9.17) is 0 Å². The van der Waals surface area contributed by atoms with Crippen molar-refractivity contribution in [2.45, 2.75) is 64.2 Å². The zero-order valence-electron chi connectivity index (χ0n) is 11.9. The van der Waals surface area contributed by atoms with Crippen LogP contribution in [0.1, 0.15) is 63.4 Å². The highest BCUT2D eigenvalue weighted by Crippen LogP contribution is 2.26. The van der Waals surface area contributed by atoms with Crippen molar-refractivity contribution in [2.24, 2.45) is 5.92 Å². The molecule has 0 radical (unpaired) electrons. The molecule has 0 amide bonds. The lowest BCUT2D eigenvalue weighted by atomic mass is 9.92. The molecule has 0 atom stereocenters. The van der Waals surface area contributed by atoms with Crippen molar-refractivity contribution in [1.82, 2.24) is 0 Å². The van der Waals surface area contributed by atoms with E-state index in [1.54, 1.807) is 0 Å². The Morgan fingerprint density at radius 3 is 2.37 bits per heavy atom. The molecular formula is C18H26O. The number of aryl methyl sites for hydroxylation is 1. The number of ketones is 1. The Kier molecular flexibility index (Phi) is 6.13. The largest absolute Gasteiger partial charge is 0.300 e. The summed E-state index contributed by atoms with van der Waals surface area (Å²) >= 11 is 0. The molecule has 104 valence electrons. The summed E-state index contributed by atoms with van der Waals surface area (Å²) < 4.78 is 0. The molecule has 1 nitrogen and oxygen atoms in total. The first-order valence-electron chi connectivity index (χ1n) is 7.90. The number of Topliss-reactive ketones (excluding diaryl/α,β-unsaturated/α-hetero) is 1. The molecule has 0 unspecified atom stereocenters. The van der Waals surface area contributed by atoms with Gasteiger partial charge in [-0.25, -0.2) is 0 Å².